The monoisotopic (exact) mass is 277 g/mol. The van der Waals surface area contributed by atoms with Crippen LogP contribution in [0, 0.1) is 5.92 Å². The van der Waals surface area contributed by atoms with E-state index in [2.05, 4.69) is 12.1 Å². The molecule has 2 unspecified atom stereocenters. The Balaban J connectivity index is 2.15. The number of rotatable bonds is 4. The van der Waals surface area contributed by atoms with Gasteiger partial charge in [0.15, 0.2) is 11.5 Å². The van der Waals surface area contributed by atoms with Crippen molar-refractivity contribution in [2.75, 3.05) is 7.11 Å². The molecule has 4 nitrogen and oxygen atoms in total. The second-order valence-corrected chi connectivity index (χ2v) is 5.56. The lowest BCUT2D eigenvalue weighted by Gasteiger charge is -2.28. The van der Waals surface area contributed by atoms with E-state index in [1.165, 1.54) is 12.8 Å². The molecule has 0 spiro atoms. The minimum absolute atomic E-state index is 0.270. The van der Waals surface area contributed by atoms with Gasteiger partial charge in [0.1, 0.15) is 0 Å². The van der Waals surface area contributed by atoms with Crippen LogP contribution in [-0.4, -0.2) is 24.1 Å². The van der Waals surface area contributed by atoms with Crippen molar-refractivity contribution in [3.05, 3.63) is 23.8 Å². The summed E-state index contributed by atoms with van der Waals surface area (Å²) in [6.07, 6.45) is 4.99. The van der Waals surface area contributed by atoms with Crippen molar-refractivity contribution in [2.45, 2.75) is 45.6 Å². The van der Waals surface area contributed by atoms with E-state index in [0.717, 1.165) is 30.1 Å². The molecule has 0 aliphatic heterocycles. The van der Waals surface area contributed by atoms with E-state index in [4.69, 9.17) is 14.7 Å². The average Bonchev–Trinajstić information content (AvgIpc) is 2.47. The molecule has 0 aromatic heterocycles. The van der Waals surface area contributed by atoms with Crippen molar-refractivity contribution in [1.29, 1.82) is 0 Å². The van der Waals surface area contributed by atoms with E-state index in [0.29, 0.717) is 11.5 Å². The van der Waals surface area contributed by atoms with Crippen molar-refractivity contribution in [1.82, 2.24) is 0 Å². The van der Waals surface area contributed by atoms with Gasteiger partial charge < -0.3 is 14.7 Å². The molecular weight excluding hydrogens is 254 g/mol. The number of nitrogens with zero attached hydrogens (tertiary/aromatic N) is 1. The van der Waals surface area contributed by atoms with Gasteiger partial charge in [-0.15, -0.1) is 0 Å². The first kappa shape index (κ1) is 14.7. The maximum atomic E-state index is 8.83. The fourth-order valence-electron chi connectivity index (χ4n) is 2.71. The highest BCUT2D eigenvalue weighted by atomic mass is 16.5. The van der Waals surface area contributed by atoms with Crippen LogP contribution in [0.15, 0.2) is 23.4 Å². The highest BCUT2D eigenvalue weighted by Crippen LogP contribution is 2.33. The van der Waals surface area contributed by atoms with Gasteiger partial charge in [-0.3, -0.25) is 0 Å². The molecule has 4 heteroatoms. The molecule has 1 fully saturated rings. The molecule has 1 saturated carbocycles. The summed E-state index contributed by atoms with van der Waals surface area (Å²) in [6, 6.07) is 5.62. The Morgan fingerprint density at radius 3 is 2.75 bits per heavy atom. The zero-order valence-corrected chi connectivity index (χ0v) is 12.4. The van der Waals surface area contributed by atoms with Crippen LogP contribution >= 0.6 is 0 Å². The van der Waals surface area contributed by atoms with Crippen LogP contribution in [-0.2, 0) is 0 Å². The summed E-state index contributed by atoms with van der Waals surface area (Å²) < 4.78 is 11.5. The van der Waals surface area contributed by atoms with E-state index < -0.39 is 0 Å². The van der Waals surface area contributed by atoms with Gasteiger partial charge in [0, 0.05) is 5.56 Å². The predicted molar refractivity (Wildman–Crippen MR) is 79.0 cm³/mol. The van der Waals surface area contributed by atoms with E-state index in [9.17, 15) is 0 Å². The molecule has 1 N–H and O–H groups in total. The van der Waals surface area contributed by atoms with Gasteiger partial charge in [-0.2, -0.15) is 0 Å². The van der Waals surface area contributed by atoms with Crippen LogP contribution in [0.5, 0.6) is 11.5 Å². The normalized spacial score (nSPS) is 23.4. The molecule has 1 aliphatic carbocycles. The van der Waals surface area contributed by atoms with Crippen LogP contribution in [0.3, 0.4) is 0 Å². The zero-order chi connectivity index (χ0) is 14.5. The third-order valence-electron chi connectivity index (χ3n) is 3.91. The van der Waals surface area contributed by atoms with E-state index in [1.807, 2.05) is 18.2 Å². The van der Waals surface area contributed by atoms with Crippen LogP contribution in [0.4, 0.5) is 0 Å². The Kier molecular flexibility index (Phi) is 4.88. The summed E-state index contributed by atoms with van der Waals surface area (Å²) in [5.74, 6) is 2.17. The lowest BCUT2D eigenvalue weighted by atomic mass is 9.89. The van der Waals surface area contributed by atoms with Crippen molar-refractivity contribution in [3.63, 3.8) is 0 Å². The summed E-state index contributed by atoms with van der Waals surface area (Å²) in [7, 11) is 1.63. The first-order valence-corrected chi connectivity index (χ1v) is 7.17. The molecule has 2 atom stereocenters. The molecule has 20 heavy (non-hydrogen) atoms. The smallest absolute Gasteiger partial charge is 0.161 e. The third-order valence-corrected chi connectivity index (χ3v) is 3.91. The van der Waals surface area contributed by atoms with Crippen molar-refractivity contribution >= 4 is 5.71 Å². The molecule has 0 amide bonds. The van der Waals surface area contributed by atoms with E-state index in [1.54, 1.807) is 14.0 Å². The van der Waals surface area contributed by atoms with E-state index in [-0.39, 0.29) is 6.10 Å². The Hall–Kier alpha value is -1.71. The molecule has 0 heterocycles. The van der Waals surface area contributed by atoms with Gasteiger partial charge in [-0.25, -0.2) is 0 Å². The molecule has 110 valence electrons. The number of benzene rings is 1. The van der Waals surface area contributed by atoms with Crippen LogP contribution in [0.1, 0.15) is 45.1 Å². The fourth-order valence-corrected chi connectivity index (χ4v) is 2.71. The molecule has 1 aromatic carbocycles. The summed E-state index contributed by atoms with van der Waals surface area (Å²) >= 11 is 0. The summed E-state index contributed by atoms with van der Waals surface area (Å²) in [5.41, 5.74) is 1.38. The SMILES string of the molecule is COc1cc(C(C)=NO)ccc1OC1CCCC(C)C1. The van der Waals surface area contributed by atoms with Crippen LogP contribution in [0.25, 0.3) is 0 Å². The highest BCUT2D eigenvalue weighted by molar-refractivity contribution is 5.98. The summed E-state index contributed by atoms with van der Waals surface area (Å²) in [5, 5.41) is 12.0. The molecule has 2 rings (SSSR count). The molecule has 1 aromatic rings. The van der Waals surface area contributed by atoms with Gasteiger partial charge >= 0.3 is 0 Å². The maximum absolute atomic E-state index is 8.83. The number of hydrogen-bond donors (Lipinski definition) is 1. The van der Waals surface area contributed by atoms with Crippen molar-refractivity contribution in [2.24, 2.45) is 11.1 Å². The molecule has 1 aliphatic rings. The number of hydrogen-bond acceptors (Lipinski definition) is 4. The Bertz CT molecular complexity index is 485. The van der Waals surface area contributed by atoms with Crippen LogP contribution in [0.2, 0.25) is 0 Å². The molecule has 0 bridgehead atoms. The van der Waals surface area contributed by atoms with Gasteiger partial charge in [0.2, 0.25) is 0 Å². The summed E-state index contributed by atoms with van der Waals surface area (Å²) in [4.78, 5) is 0. The minimum Gasteiger partial charge on any atom is -0.493 e. The standard InChI is InChI=1S/C16H23NO3/c1-11-5-4-6-14(9-11)20-15-8-7-13(12(2)17-18)10-16(15)19-3/h7-8,10-11,14,18H,4-6,9H2,1-3H3. The lowest BCUT2D eigenvalue weighted by Crippen LogP contribution is -2.24. The van der Waals surface area contributed by atoms with Gasteiger partial charge in [-0.05, 0) is 50.3 Å². The fraction of sp³-hybridized carbons (Fsp3) is 0.562. The lowest BCUT2D eigenvalue weighted by molar-refractivity contribution is 0.125. The van der Waals surface area contributed by atoms with E-state index >= 15 is 0 Å². The van der Waals surface area contributed by atoms with Gasteiger partial charge in [-0.1, -0.05) is 18.5 Å². The Morgan fingerprint density at radius 1 is 1.30 bits per heavy atom. The van der Waals surface area contributed by atoms with Crippen molar-refractivity contribution < 1.29 is 14.7 Å². The van der Waals surface area contributed by atoms with Crippen molar-refractivity contribution in [3.8, 4) is 11.5 Å². The number of oxime groups is 1. The Morgan fingerprint density at radius 2 is 2.10 bits per heavy atom. The largest absolute Gasteiger partial charge is 0.493 e. The first-order chi connectivity index (χ1) is 9.63. The third kappa shape index (κ3) is 3.44. The number of methoxy groups -OCH3 is 1. The van der Waals surface area contributed by atoms with Gasteiger partial charge in [0.25, 0.3) is 0 Å². The molecule has 0 radical (unpaired) electrons. The maximum Gasteiger partial charge on any atom is 0.161 e. The quantitative estimate of drug-likeness (QED) is 0.516. The van der Waals surface area contributed by atoms with Gasteiger partial charge in [0.05, 0.1) is 18.9 Å². The average molecular weight is 277 g/mol. The minimum atomic E-state index is 0.270. The molecular formula is C16H23NO3. The van der Waals surface area contributed by atoms with Crippen LogP contribution < -0.4 is 9.47 Å². The predicted octanol–water partition coefficient (Wildman–Crippen LogP) is 3.85. The highest BCUT2D eigenvalue weighted by Gasteiger charge is 2.21. The zero-order valence-electron chi connectivity index (χ0n) is 12.4. The first-order valence-electron chi connectivity index (χ1n) is 7.17. The Labute approximate surface area is 120 Å². The summed E-state index contributed by atoms with van der Waals surface area (Å²) in [6.45, 7) is 4.02. The number of ether oxygens (including phenoxy) is 2. The second-order valence-electron chi connectivity index (χ2n) is 5.56. The molecule has 0 saturated heterocycles. The second kappa shape index (κ2) is 6.64. The topological polar surface area (TPSA) is 51.0 Å².